The maximum absolute atomic E-state index is 6.56. The molecule has 1 heterocycles. The molecule has 0 fully saturated rings. The molecule has 3 heteroatoms. The lowest BCUT2D eigenvalue weighted by Gasteiger charge is -2.37. The van der Waals surface area contributed by atoms with Crippen molar-refractivity contribution in [3.8, 4) is 5.75 Å². The van der Waals surface area contributed by atoms with Crippen molar-refractivity contribution in [1.29, 1.82) is 0 Å². The minimum Gasteiger partial charge on any atom is -0.454 e. The van der Waals surface area contributed by atoms with Crippen LogP contribution in [0.1, 0.15) is 49.9 Å². The van der Waals surface area contributed by atoms with Gasteiger partial charge in [0, 0.05) is 28.8 Å². The van der Waals surface area contributed by atoms with E-state index in [4.69, 9.17) is 21.1 Å². The first-order valence-corrected chi connectivity index (χ1v) is 10.7. The maximum atomic E-state index is 6.56. The molecule has 2 nitrogen and oxygen atoms in total. The number of hydrogen-bond donors (Lipinski definition) is 0. The third kappa shape index (κ3) is 3.90. The molecule has 0 spiro atoms. The second kappa shape index (κ2) is 7.94. The van der Waals surface area contributed by atoms with Crippen molar-refractivity contribution in [1.82, 2.24) is 0 Å². The summed E-state index contributed by atoms with van der Waals surface area (Å²) in [6.07, 6.45) is 2.10. The highest BCUT2D eigenvalue weighted by Gasteiger charge is 2.39. The monoisotopic (exact) mass is 418 g/mol. The quantitative estimate of drug-likeness (QED) is 0.440. The highest BCUT2D eigenvalue weighted by molar-refractivity contribution is 6.30. The van der Waals surface area contributed by atoms with E-state index in [1.54, 1.807) is 0 Å². The van der Waals surface area contributed by atoms with Crippen molar-refractivity contribution in [3.63, 3.8) is 0 Å². The van der Waals surface area contributed by atoms with E-state index in [0.717, 1.165) is 28.0 Å². The molecule has 30 heavy (non-hydrogen) atoms. The van der Waals surface area contributed by atoms with Crippen LogP contribution < -0.4 is 4.74 Å². The molecule has 4 rings (SSSR count). The first-order chi connectivity index (χ1) is 14.3. The van der Waals surface area contributed by atoms with Crippen LogP contribution in [0.3, 0.4) is 0 Å². The predicted molar refractivity (Wildman–Crippen MR) is 124 cm³/mol. The lowest BCUT2D eigenvalue weighted by molar-refractivity contribution is -0.152. The molecule has 3 aromatic rings. The summed E-state index contributed by atoms with van der Waals surface area (Å²) < 4.78 is 12.8. The zero-order valence-corrected chi connectivity index (χ0v) is 18.7. The van der Waals surface area contributed by atoms with Gasteiger partial charge in [-0.15, -0.1) is 0 Å². The summed E-state index contributed by atoms with van der Waals surface area (Å²) in [5, 5.41) is 0.717. The fraction of sp³-hybridized carbons (Fsp3) is 0.259. The molecule has 3 aromatic carbocycles. The molecule has 0 amide bonds. The summed E-state index contributed by atoms with van der Waals surface area (Å²) in [5.41, 5.74) is 5.48. The lowest BCUT2D eigenvalue weighted by Crippen LogP contribution is -2.37. The van der Waals surface area contributed by atoms with E-state index in [1.807, 2.05) is 49.4 Å². The Morgan fingerprint density at radius 2 is 1.63 bits per heavy atom. The largest absolute Gasteiger partial charge is 0.454 e. The van der Waals surface area contributed by atoms with Crippen molar-refractivity contribution in [2.75, 3.05) is 6.61 Å². The van der Waals surface area contributed by atoms with Gasteiger partial charge in [-0.25, -0.2) is 0 Å². The van der Waals surface area contributed by atoms with Gasteiger partial charge in [0.15, 0.2) is 0 Å². The topological polar surface area (TPSA) is 18.5 Å². The summed E-state index contributed by atoms with van der Waals surface area (Å²) in [5.74, 6) is -0.172. The van der Waals surface area contributed by atoms with Gasteiger partial charge in [-0.2, -0.15) is 0 Å². The minimum absolute atomic E-state index is 0.0357. The average Bonchev–Trinajstić information content (AvgIpc) is 2.73. The summed E-state index contributed by atoms with van der Waals surface area (Å²) in [6, 6.07) is 24.5. The number of ether oxygens (including phenoxy) is 2. The summed E-state index contributed by atoms with van der Waals surface area (Å²) in [7, 11) is 0. The zero-order chi connectivity index (χ0) is 21.4. The van der Waals surface area contributed by atoms with E-state index in [0.29, 0.717) is 11.6 Å². The molecule has 1 aliphatic heterocycles. The van der Waals surface area contributed by atoms with Gasteiger partial charge in [0.2, 0.25) is 0 Å². The van der Waals surface area contributed by atoms with E-state index in [-0.39, 0.29) is 5.41 Å². The molecule has 1 atom stereocenters. The van der Waals surface area contributed by atoms with Crippen LogP contribution in [0.5, 0.6) is 5.75 Å². The van der Waals surface area contributed by atoms with Crippen LogP contribution in [0.2, 0.25) is 5.02 Å². The van der Waals surface area contributed by atoms with Crippen molar-refractivity contribution >= 4 is 17.2 Å². The Labute approximate surface area is 184 Å². The molecule has 0 unspecified atom stereocenters. The third-order valence-corrected chi connectivity index (χ3v) is 5.67. The van der Waals surface area contributed by atoms with Crippen LogP contribution in [0.15, 0.2) is 78.9 Å². The second-order valence-corrected chi connectivity index (χ2v) is 9.03. The van der Waals surface area contributed by atoms with E-state index >= 15 is 0 Å². The van der Waals surface area contributed by atoms with Crippen molar-refractivity contribution in [2.24, 2.45) is 0 Å². The smallest absolute Gasteiger partial charge is 0.258 e. The standard InChI is InChI=1S/C27H27ClO2/c1-5-29-27(20-9-7-6-8-10-20)18-24(19-11-14-22(28)15-12-19)23-17-21(26(2,3)4)13-16-25(23)30-27/h6-18H,5H2,1-4H3/t27-/m0/s1. The number of halogens is 1. The molecule has 0 saturated heterocycles. The molecule has 1 aliphatic rings. The summed E-state index contributed by atoms with van der Waals surface area (Å²) >= 11 is 6.17. The lowest BCUT2D eigenvalue weighted by atomic mass is 9.83. The van der Waals surface area contributed by atoms with Crippen molar-refractivity contribution < 1.29 is 9.47 Å². The van der Waals surface area contributed by atoms with Crippen molar-refractivity contribution in [2.45, 2.75) is 38.9 Å². The van der Waals surface area contributed by atoms with E-state index in [1.165, 1.54) is 5.56 Å². The fourth-order valence-electron chi connectivity index (χ4n) is 3.81. The predicted octanol–water partition coefficient (Wildman–Crippen LogP) is 7.35. The van der Waals surface area contributed by atoms with Gasteiger partial charge in [0.05, 0.1) is 0 Å². The van der Waals surface area contributed by atoms with Gasteiger partial charge in [-0.05, 0) is 53.3 Å². The van der Waals surface area contributed by atoms with Gasteiger partial charge in [-0.3, -0.25) is 0 Å². The summed E-state index contributed by atoms with van der Waals surface area (Å²) in [4.78, 5) is 0. The Balaban J connectivity index is 1.96. The second-order valence-electron chi connectivity index (χ2n) is 8.59. The number of fused-ring (bicyclic) bond motifs is 1. The molecular formula is C27H27ClO2. The number of rotatable bonds is 4. The van der Waals surface area contributed by atoms with Crippen LogP contribution in [0.25, 0.3) is 5.57 Å². The summed E-state index contributed by atoms with van der Waals surface area (Å²) in [6.45, 7) is 9.17. The van der Waals surface area contributed by atoms with Gasteiger partial charge in [0.1, 0.15) is 5.75 Å². The van der Waals surface area contributed by atoms with Crippen LogP contribution in [-0.2, 0) is 15.9 Å². The third-order valence-electron chi connectivity index (χ3n) is 5.42. The molecular weight excluding hydrogens is 392 g/mol. The maximum Gasteiger partial charge on any atom is 0.258 e. The number of benzene rings is 3. The Hall–Kier alpha value is -2.55. The van der Waals surface area contributed by atoms with Crippen LogP contribution in [0.4, 0.5) is 0 Å². The highest BCUT2D eigenvalue weighted by atomic mass is 35.5. The van der Waals surface area contributed by atoms with Gasteiger partial charge < -0.3 is 9.47 Å². The van der Waals surface area contributed by atoms with Gasteiger partial charge in [-0.1, -0.05) is 80.9 Å². The normalized spacial score (nSPS) is 18.4. The molecule has 0 bridgehead atoms. The highest BCUT2D eigenvalue weighted by Crippen LogP contribution is 2.45. The molecule has 0 N–H and O–H groups in total. The molecule has 0 aliphatic carbocycles. The van der Waals surface area contributed by atoms with Crippen LogP contribution in [-0.4, -0.2) is 6.61 Å². The number of hydrogen-bond acceptors (Lipinski definition) is 2. The van der Waals surface area contributed by atoms with Crippen LogP contribution in [0, 0.1) is 0 Å². The average molecular weight is 419 g/mol. The fourth-order valence-corrected chi connectivity index (χ4v) is 3.93. The van der Waals surface area contributed by atoms with Crippen molar-refractivity contribution in [3.05, 3.63) is 106 Å². The SMILES string of the molecule is CCO[C@@]1(c2ccccc2)C=C(c2ccc(Cl)cc2)c2cc(C(C)(C)C)ccc2O1. The Bertz CT molecular complexity index is 1060. The van der Waals surface area contributed by atoms with E-state index < -0.39 is 5.79 Å². The van der Waals surface area contributed by atoms with Gasteiger partial charge >= 0.3 is 0 Å². The zero-order valence-electron chi connectivity index (χ0n) is 17.9. The minimum atomic E-state index is -0.985. The first kappa shape index (κ1) is 20.7. The van der Waals surface area contributed by atoms with Crippen LogP contribution >= 0.6 is 11.6 Å². The molecule has 0 aromatic heterocycles. The van der Waals surface area contributed by atoms with Gasteiger partial charge in [0.25, 0.3) is 5.79 Å². The first-order valence-electron chi connectivity index (χ1n) is 10.3. The molecule has 154 valence electrons. The molecule has 0 radical (unpaired) electrons. The Morgan fingerprint density at radius 1 is 0.933 bits per heavy atom. The van der Waals surface area contributed by atoms with E-state index in [9.17, 15) is 0 Å². The Kier molecular flexibility index (Phi) is 5.48. The van der Waals surface area contributed by atoms with E-state index in [2.05, 4.69) is 57.2 Å². The molecule has 0 saturated carbocycles. The Morgan fingerprint density at radius 3 is 2.27 bits per heavy atom.